The third-order valence-electron chi connectivity index (χ3n) is 10.5. The molecule has 8 atom stereocenters. The molecule has 3 aliphatic heterocycles. The smallest absolute Gasteiger partial charge is 0.408 e. The summed E-state index contributed by atoms with van der Waals surface area (Å²) in [5.74, 6) is 0.733. The molecule has 6 fully saturated rings. The number of likely N-dealkylation sites (N-methyl/N-ethyl adjacent to an activating group) is 1. The van der Waals surface area contributed by atoms with Gasteiger partial charge in [0.2, 0.25) is 0 Å². The van der Waals surface area contributed by atoms with E-state index >= 15 is 0 Å². The van der Waals surface area contributed by atoms with Gasteiger partial charge in [0.25, 0.3) is 0 Å². The molecule has 0 aromatic rings. The summed E-state index contributed by atoms with van der Waals surface area (Å²) < 4.78 is 24.0. The average molecular weight is 515 g/mol. The van der Waals surface area contributed by atoms with E-state index in [0.717, 1.165) is 19.3 Å². The Balaban J connectivity index is 1.18. The molecule has 8 rings (SSSR count). The van der Waals surface area contributed by atoms with E-state index in [-0.39, 0.29) is 23.3 Å². The van der Waals surface area contributed by atoms with Gasteiger partial charge in [-0.2, -0.15) is 0 Å². The summed E-state index contributed by atoms with van der Waals surface area (Å²) in [7, 11) is 3.75. The number of fused-ring (bicyclic) bond motifs is 4. The molecule has 8 aliphatic rings. The molecule has 37 heavy (non-hydrogen) atoms. The van der Waals surface area contributed by atoms with Gasteiger partial charge in [-0.15, -0.1) is 0 Å². The quantitative estimate of drug-likeness (QED) is 0.348. The Kier molecular flexibility index (Phi) is 5.14. The number of ether oxygens (including phenoxy) is 4. The number of amides is 1. The Morgan fingerprint density at radius 1 is 1.05 bits per heavy atom. The monoisotopic (exact) mass is 514 g/mol. The summed E-state index contributed by atoms with van der Waals surface area (Å²) in [5, 5.41) is 3.31. The van der Waals surface area contributed by atoms with Crippen LogP contribution in [0, 0.1) is 29.6 Å². The van der Waals surface area contributed by atoms with Gasteiger partial charge < -0.3 is 24.3 Å². The Labute approximate surface area is 217 Å². The van der Waals surface area contributed by atoms with Gasteiger partial charge in [-0.25, -0.2) is 9.59 Å². The Bertz CT molecular complexity index is 1040. The lowest BCUT2D eigenvalue weighted by molar-refractivity contribution is -0.144. The molecule has 9 heteroatoms. The third kappa shape index (κ3) is 3.74. The van der Waals surface area contributed by atoms with Crippen LogP contribution >= 0.6 is 0 Å². The zero-order valence-corrected chi connectivity index (χ0v) is 22.1. The first-order valence-electron chi connectivity index (χ1n) is 14.0. The fraction of sp³-hybridized carbons (Fsp3) is 0.821. The van der Waals surface area contributed by atoms with Crippen molar-refractivity contribution >= 4 is 18.0 Å². The SMILES string of the molecule is CC1C(=O)O[C@H]2C[C@]3(C)O[C@H]3[C@H](OC(=O)NC34CC5CC(CC(C5)C3)C4)[C@@H](N(C)C)C3=C[C@@H](OC3=O)[C@H]12. The molecule has 2 saturated heterocycles. The van der Waals surface area contributed by atoms with Gasteiger partial charge in [-0.3, -0.25) is 9.69 Å². The van der Waals surface area contributed by atoms with Gasteiger partial charge in [0.15, 0.2) is 6.10 Å². The highest BCUT2D eigenvalue weighted by molar-refractivity contribution is 5.93. The van der Waals surface area contributed by atoms with Crippen LogP contribution in [0.1, 0.15) is 58.8 Å². The number of epoxide rings is 1. The largest absolute Gasteiger partial charge is 0.462 e. The Morgan fingerprint density at radius 3 is 2.32 bits per heavy atom. The number of carbonyl (C=O) groups is 3. The second-order valence-electron chi connectivity index (χ2n) is 13.5. The van der Waals surface area contributed by atoms with Crippen LogP contribution in [-0.2, 0) is 28.5 Å². The van der Waals surface area contributed by atoms with E-state index in [9.17, 15) is 14.4 Å². The molecule has 4 saturated carbocycles. The van der Waals surface area contributed by atoms with Crippen LogP contribution in [0.3, 0.4) is 0 Å². The first-order chi connectivity index (χ1) is 17.5. The van der Waals surface area contributed by atoms with E-state index < -0.39 is 48.1 Å². The Hall–Kier alpha value is -2.13. The molecular weight excluding hydrogens is 476 g/mol. The minimum absolute atomic E-state index is 0.179. The molecule has 6 bridgehead atoms. The van der Waals surface area contributed by atoms with Crippen molar-refractivity contribution in [2.45, 2.75) is 100 Å². The van der Waals surface area contributed by atoms with E-state index in [4.69, 9.17) is 18.9 Å². The zero-order valence-electron chi connectivity index (χ0n) is 22.1. The summed E-state index contributed by atoms with van der Waals surface area (Å²) in [5.41, 5.74) is -0.359. The van der Waals surface area contributed by atoms with Gasteiger partial charge in [-0.1, -0.05) is 6.92 Å². The van der Waals surface area contributed by atoms with Crippen molar-refractivity contribution in [3.05, 3.63) is 11.6 Å². The molecule has 0 radical (unpaired) electrons. The number of nitrogens with zero attached hydrogens (tertiary/aromatic N) is 1. The summed E-state index contributed by atoms with van der Waals surface area (Å²) in [4.78, 5) is 41.1. The van der Waals surface area contributed by atoms with Crippen molar-refractivity contribution in [3.8, 4) is 0 Å². The normalized spacial score (nSPS) is 51.1. The van der Waals surface area contributed by atoms with Crippen LogP contribution in [0.4, 0.5) is 4.79 Å². The number of nitrogens with one attached hydrogen (secondary N) is 1. The maximum absolute atomic E-state index is 13.5. The molecule has 202 valence electrons. The van der Waals surface area contributed by atoms with Crippen molar-refractivity contribution < 1.29 is 33.3 Å². The predicted molar refractivity (Wildman–Crippen MR) is 130 cm³/mol. The number of rotatable bonds is 3. The summed E-state index contributed by atoms with van der Waals surface area (Å²) in [6.45, 7) is 3.81. The van der Waals surface area contributed by atoms with Gasteiger partial charge in [0.05, 0.1) is 23.1 Å². The predicted octanol–water partition coefficient (Wildman–Crippen LogP) is 2.57. The minimum Gasteiger partial charge on any atom is -0.462 e. The molecule has 0 aromatic carbocycles. The van der Waals surface area contributed by atoms with Crippen molar-refractivity contribution in [2.75, 3.05) is 14.1 Å². The number of hydrogen-bond acceptors (Lipinski definition) is 8. The van der Waals surface area contributed by atoms with Crippen LogP contribution in [0.15, 0.2) is 11.6 Å². The fourth-order valence-electron chi connectivity index (χ4n) is 9.28. The number of hydrogen-bond donors (Lipinski definition) is 1. The molecule has 3 heterocycles. The van der Waals surface area contributed by atoms with Crippen molar-refractivity contribution in [1.29, 1.82) is 0 Å². The molecular formula is C28H38N2O7. The molecule has 9 nitrogen and oxygen atoms in total. The van der Waals surface area contributed by atoms with Crippen molar-refractivity contribution in [2.24, 2.45) is 29.6 Å². The van der Waals surface area contributed by atoms with E-state index in [2.05, 4.69) is 5.32 Å². The first kappa shape index (κ1) is 23.9. The second kappa shape index (κ2) is 7.94. The number of carbonyl (C=O) groups excluding carboxylic acids is 3. The lowest BCUT2D eigenvalue weighted by atomic mass is 9.53. The van der Waals surface area contributed by atoms with Gasteiger partial charge in [0.1, 0.15) is 18.3 Å². The van der Waals surface area contributed by atoms with E-state index in [1.807, 2.05) is 38.9 Å². The van der Waals surface area contributed by atoms with Crippen LogP contribution in [-0.4, -0.2) is 78.6 Å². The summed E-state index contributed by atoms with van der Waals surface area (Å²) in [6.07, 6.45) is 6.68. The minimum atomic E-state index is -0.711. The molecule has 1 unspecified atom stereocenters. The maximum Gasteiger partial charge on any atom is 0.408 e. The highest BCUT2D eigenvalue weighted by atomic mass is 16.7. The lowest BCUT2D eigenvalue weighted by Gasteiger charge is -2.56. The zero-order chi connectivity index (χ0) is 25.9. The topological polar surface area (TPSA) is 107 Å². The summed E-state index contributed by atoms with van der Waals surface area (Å²) in [6, 6.07) is -0.531. The van der Waals surface area contributed by atoms with Crippen LogP contribution in [0.2, 0.25) is 0 Å². The fourth-order valence-corrected chi connectivity index (χ4v) is 9.28. The number of alkyl carbamates (subject to hydrolysis) is 1. The van der Waals surface area contributed by atoms with E-state index in [1.54, 1.807) is 0 Å². The molecule has 1 amide bonds. The molecule has 1 N–H and O–H groups in total. The van der Waals surface area contributed by atoms with Gasteiger partial charge in [-0.05, 0) is 83.4 Å². The van der Waals surface area contributed by atoms with Crippen LogP contribution in [0.25, 0.3) is 0 Å². The van der Waals surface area contributed by atoms with Gasteiger partial charge in [0, 0.05) is 17.9 Å². The maximum atomic E-state index is 13.5. The van der Waals surface area contributed by atoms with Crippen molar-refractivity contribution in [1.82, 2.24) is 10.2 Å². The third-order valence-corrected chi connectivity index (χ3v) is 10.5. The van der Waals surface area contributed by atoms with Gasteiger partial charge >= 0.3 is 18.0 Å². The Morgan fingerprint density at radius 2 is 1.70 bits per heavy atom. The van der Waals surface area contributed by atoms with E-state index in [1.165, 1.54) is 19.3 Å². The molecule has 5 aliphatic carbocycles. The van der Waals surface area contributed by atoms with E-state index in [0.29, 0.717) is 29.7 Å². The number of esters is 2. The lowest BCUT2D eigenvalue weighted by Crippen LogP contribution is -2.61. The second-order valence-corrected chi connectivity index (χ2v) is 13.5. The van der Waals surface area contributed by atoms with Crippen LogP contribution < -0.4 is 5.32 Å². The average Bonchev–Trinajstić information content (AvgIpc) is 3.18. The first-order valence-corrected chi connectivity index (χ1v) is 14.0. The summed E-state index contributed by atoms with van der Waals surface area (Å²) >= 11 is 0. The molecule has 0 spiro atoms. The van der Waals surface area contributed by atoms with Crippen molar-refractivity contribution in [3.63, 3.8) is 0 Å². The highest BCUT2D eigenvalue weighted by Crippen LogP contribution is 2.56. The molecule has 0 aromatic heterocycles. The van der Waals surface area contributed by atoms with Crippen LogP contribution in [0.5, 0.6) is 0 Å². The standard InChI is InChI=1S/C28H38N2O7/c1-13-20-18-8-17(25(32)34-18)21(30(3)4)22(23-27(2,37-23)12-19(20)35-24(13)31)36-26(33)29-28-9-14-5-15(10-28)7-16(6-14)11-28/h8,13-16,18-23H,5-7,9-12H2,1-4H3,(H,29,33)/t13?,14?,15?,16?,18-,19+,20+,21+,22-,23+,27+,28?/m1/s1. The highest BCUT2D eigenvalue weighted by Gasteiger charge is 2.65.